The van der Waals surface area contributed by atoms with E-state index in [-0.39, 0.29) is 5.91 Å². The highest BCUT2D eigenvalue weighted by Crippen LogP contribution is 2.19. The molecule has 0 atom stereocenters. The fraction of sp³-hybridized carbons (Fsp3) is 0.304. The van der Waals surface area contributed by atoms with Crippen LogP contribution in [0.2, 0.25) is 0 Å². The maximum atomic E-state index is 12.8. The van der Waals surface area contributed by atoms with Crippen LogP contribution in [0.3, 0.4) is 0 Å². The van der Waals surface area contributed by atoms with E-state index in [1.165, 1.54) is 11.1 Å². The van der Waals surface area contributed by atoms with Crippen LogP contribution in [0.5, 0.6) is 0 Å². The summed E-state index contributed by atoms with van der Waals surface area (Å²) in [7, 11) is 0. The molecule has 0 radical (unpaired) electrons. The Hall–Kier alpha value is -3.33. The number of fused-ring (bicyclic) bond motifs is 1. The van der Waals surface area contributed by atoms with E-state index in [2.05, 4.69) is 53.2 Å². The number of carbonyl (C=O) groups is 2. The fourth-order valence-corrected chi connectivity index (χ4v) is 3.49. The second-order valence-corrected chi connectivity index (χ2v) is 7.63. The third-order valence-electron chi connectivity index (χ3n) is 5.16. The molecule has 3 aromatic rings. The number of amides is 1. The van der Waals surface area contributed by atoms with E-state index in [0.717, 1.165) is 43.6 Å². The van der Waals surface area contributed by atoms with Crippen molar-refractivity contribution in [3.63, 3.8) is 0 Å². The first kappa shape index (κ1) is 23.3. The number of H-pyrrole nitrogens is 1. The summed E-state index contributed by atoms with van der Waals surface area (Å²) in [6.07, 6.45) is -5.08. The number of rotatable bonds is 3. The minimum Gasteiger partial charge on any atom is -0.475 e. The molecule has 0 bridgehead atoms. The Morgan fingerprint density at radius 2 is 1.62 bits per heavy atom. The predicted octanol–water partition coefficient (Wildman–Crippen LogP) is 4.07. The van der Waals surface area contributed by atoms with Gasteiger partial charge in [0.25, 0.3) is 5.91 Å². The van der Waals surface area contributed by atoms with Gasteiger partial charge in [-0.25, -0.2) is 4.79 Å². The normalized spacial score (nSPS) is 14.7. The van der Waals surface area contributed by atoms with E-state index in [4.69, 9.17) is 9.90 Å². The lowest BCUT2D eigenvalue weighted by Gasteiger charge is -2.34. The number of benzene rings is 2. The average molecular weight is 447 g/mol. The Bertz CT molecular complexity index is 1070. The second kappa shape index (κ2) is 9.86. The Balaban J connectivity index is 0.000000360. The van der Waals surface area contributed by atoms with Crippen molar-refractivity contribution in [2.75, 3.05) is 26.2 Å². The molecule has 1 aliphatic rings. The second-order valence-electron chi connectivity index (χ2n) is 7.63. The maximum Gasteiger partial charge on any atom is 0.490 e. The molecule has 9 heteroatoms. The van der Waals surface area contributed by atoms with E-state index in [9.17, 15) is 18.0 Å². The summed E-state index contributed by atoms with van der Waals surface area (Å²) in [5.41, 5.74) is 4.25. The van der Waals surface area contributed by atoms with Gasteiger partial charge in [0.2, 0.25) is 0 Å². The smallest absolute Gasteiger partial charge is 0.475 e. The van der Waals surface area contributed by atoms with Gasteiger partial charge in [0.05, 0.1) is 0 Å². The number of carbonyl (C=O) groups excluding carboxylic acids is 1. The van der Waals surface area contributed by atoms with E-state index in [1.807, 2.05) is 23.1 Å². The number of alkyl halides is 3. The molecule has 2 aromatic carbocycles. The van der Waals surface area contributed by atoms with E-state index in [0.29, 0.717) is 5.69 Å². The summed E-state index contributed by atoms with van der Waals surface area (Å²) in [6, 6.07) is 18.7. The third kappa shape index (κ3) is 6.10. The Labute approximate surface area is 183 Å². The number of piperazine rings is 1. The Kier molecular flexibility index (Phi) is 7.19. The lowest BCUT2D eigenvalue weighted by atomic mass is 10.2. The van der Waals surface area contributed by atoms with Crippen LogP contribution in [0, 0.1) is 6.92 Å². The quantitative estimate of drug-likeness (QED) is 0.635. The van der Waals surface area contributed by atoms with Crippen molar-refractivity contribution in [2.24, 2.45) is 0 Å². The van der Waals surface area contributed by atoms with Gasteiger partial charge in [0.1, 0.15) is 5.69 Å². The lowest BCUT2D eigenvalue weighted by molar-refractivity contribution is -0.192. The molecule has 170 valence electrons. The summed E-state index contributed by atoms with van der Waals surface area (Å²) in [5, 5.41) is 8.23. The molecule has 4 rings (SSSR count). The van der Waals surface area contributed by atoms with Crippen LogP contribution in [0.4, 0.5) is 13.2 Å². The van der Waals surface area contributed by atoms with Crippen molar-refractivity contribution in [3.8, 4) is 0 Å². The molecule has 1 aliphatic heterocycles. The van der Waals surface area contributed by atoms with Crippen molar-refractivity contribution < 1.29 is 27.9 Å². The monoisotopic (exact) mass is 447 g/mol. The Morgan fingerprint density at radius 1 is 1.00 bits per heavy atom. The molecule has 2 heterocycles. The zero-order valence-electron chi connectivity index (χ0n) is 17.5. The van der Waals surface area contributed by atoms with Crippen LogP contribution in [0.15, 0.2) is 54.6 Å². The molecular weight excluding hydrogens is 423 g/mol. The fourth-order valence-electron chi connectivity index (χ4n) is 3.49. The van der Waals surface area contributed by atoms with Gasteiger partial charge >= 0.3 is 12.1 Å². The number of carboxylic acid groups (broad SMARTS) is 1. The SMILES string of the molecule is Cc1ccc2[nH]c(C(=O)N3CCN(Cc4ccccc4)CC3)cc2c1.O=C(O)C(F)(F)F. The summed E-state index contributed by atoms with van der Waals surface area (Å²) in [4.78, 5) is 29.3. The van der Waals surface area contributed by atoms with Gasteiger partial charge in [-0.15, -0.1) is 0 Å². The molecule has 0 saturated carbocycles. The number of nitrogens with zero attached hydrogens (tertiary/aromatic N) is 2. The van der Waals surface area contributed by atoms with Gasteiger partial charge in [0.15, 0.2) is 0 Å². The standard InChI is InChI=1S/C21H23N3O.C2HF3O2/c1-16-7-8-19-18(13-16)14-20(22-19)21(25)24-11-9-23(10-12-24)15-17-5-3-2-4-6-17;3-2(4,5)1(6)7/h2-8,13-14,22H,9-12,15H2,1H3;(H,6,7). The topological polar surface area (TPSA) is 76.6 Å². The molecule has 1 saturated heterocycles. The van der Waals surface area contributed by atoms with E-state index < -0.39 is 12.1 Å². The van der Waals surface area contributed by atoms with Gasteiger partial charge in [0, 0.05) is 43.6 Å². The van der Waals surface area contributed by atoms with Gasteiger partial charge in [-0.3, -0.25) is 9.69 Å². The zero-order valence-corrected chi connectivity index (χ0v) is 17.5. The summed E-state index contributed by atoms with van der Waals surface area (Å²) < 4.78 is 31.7. The number of aliphatic carboxylic acids is 1. The molecule has 1 amide bonds. The number of nitrogens with one attached hydrogen (secondary N) is 1. The third-order valence-corrected chi connectivity index (χ3v) is 5.16. The zero-order chi connectivity index (χ0) is 23.3. The van der Waals surface area contributed by atoms with E-state index in [1.54, 1.807) is 0 Å². The molecule has 32 heavy (non-hydrogen) atoms. The van der Waals surface area contributed by atoms with Gasteiger partial charge in [-0.1, -0.05) is 42.0 Å². The molecular formula is C23H24F3N3O3. The molecule has 1 fully saturated rings. The lowest BCUT2D eigenvalue weighted by Crippen LogP contribution is -2.48. The van der Waals surface area contributed by atoms with Crippen molar-refractivity contribution in [1.29, 1.82) is 0 Å². The van der Waals surface area contributed by atoms with Gasteiger partial charge in [-0.05, 0) is 30.7 Å². The number of aryl methyl sites for hydroxylation is 1. The Morgan fingerprint density at radius 3 is 2.22 bits per heavy atom. The first-order valence-corrected chi connectivity index (χ1v) is 10.1. The molecule has 0 spiro atoms. The number of halogens is 3. The minimum absolute atomic E-state index is 0.105. The van der Waals surface area contributed by atoms with Crippen LogP contribution < -0.4 is 0 Å². The highest BCUT2D eigenvalue weighted by atomic mass is 19.4. The maximum absolute atomic E-state index is 12.8. The van der Waals surface area contributed by atoms with Crippen LogP contribution in [-0.2, 0) is 11.3 Å². The van der Waals surface area contributed by atoms with Crippen molar-refractivity contribution in [3.05, 3.63) is 71.4 Å². The first-order chi connectivity index (χ1) is 15.1. The first-order valence-electron chi connectivity index (χ1n) is 10.1. The van der Waals surface area contributed by atoms with Gasteiger partial charge < -0.3 is 15.0 Å². The van der Waals surface area contributed by atoms with Crippen LogP contribution in [0.1, 0.15) is 21.6 Å². The number of carboxylic acids is 1. The van der Waals surface area contributed by atoms with E-state index >= 15 is 0 Å². The van der Waals surface area contributed by atoms with Crippen molar-refractivity contribution in [1.82, 2.24) is 14.8 Å². The van der Waals surface area contributed by atoms with Crippen LogP contribution >= 0.6 is 0 Å². The average Bonchev–Trinajstić information content (AvgIpc) is 3.17. The molecule has 0 aliphatic carbocycles. The largest absolute Gasteiger partial charge is 0.490 e. The van der Waals surface area contributed by atoms with Crippen LogP contribution in [0.25, 0.3) is 10.9 Å². The predicted molar refractivity (Wildman–Crippen MR) is 114 cm³/mol. The molecule has 0 unspecified atom stereocenters. The van der Waals surface area contributed by atoms with Crippen molar-refractivity contribution in [2.45, 2.75) is 19.6 Å². The molecule has 2 N–H and O–H groups in total. The number of aromatic amines is 1. The molecule has 1 aromatic heterocycles. The summed E-state index contributed by atoms with van der Waals surface area (Å²) >= 11 is 0. The summed E-state index contributed by atoms with van der Waals surface area (Å²) in [5.74, 6) is -2.65. The summed E-state index contributed by atoms with van der Waals surface area (Å²) in [6.45, 7) is 6.41. The van der Waals surface area contributed by atoms with Gasteiger partial charge in [-0.2, -0.15) is 13.2 Å². The highest BCUT2D eigenvalue weighted by Gasteiger charge is 2.38. The highest BCUT2D eigenvalue weighted by molar-refractivity contribution is 5.98. The minimum atomic E-state index is -5.08. The number of hydrogen-bond donors (Lipinski definition) is 2. The van der Waals surface area contributed by atoms with Crippen LogP contribution in [-0.4, -0.2) is 64.1 Å². The number of hydrogen-bond acceptors (Lipinski definition) is 3. The van der Waals surface area contributed by atoms with Crippen molar-refractivity contribution >= 4 is 22.8 Å². The number of aromatic nitrogens is 1. The molecule has 6 nitrogen and oxygen atoms in total.